The molecule has 0 unspecified atom stereocenters. The van der Waals surface area contributed by atoms with E-state index < -0.39 is 0 Å². The zero-order chi connectivity index (χ0) is 13.1. The predicted octanol–water partition coefficient (Wildman–Crippen LogP) is 3.48. The van der Waals surface area contributed by atoms with Gasteiger partial charge in [-0.2, -0.15) is 0 Å². The summed E-state index contributed by atoms with van der Waals surface area (Å²) in [6.45, 7) is 12.0. The van der Waals surface area contributed by atoms with Gasteiger partial charge in [0.15, 0.2) is 0 Å². The third-order valence-electron chi connectivity index (χ3n) is 2.96. The first kappa shape index (κ1) is 14.0. The van der Waals surface area contributed by atoms with Gasteiger partial charge in [0.25, 0.3) is 0 Å². The molecule has 0 aromatic heterocycles. The van der Waals surface area contributed by atoms with E-state index in [9.17, 15) is 0 Å². The van der Waals surface area contributed by atoms with Crippen molar-refractivity contribution in [2.75, 3.05) is 13.2 Å². The van der Waals surface area contributed by atoms with E-state index in [1.165, 1.54) is 11.1 Å². The van der Waals surface area contributed by atoms with Gasteiger partial charge in [0, 0.05) is 12.0 Å². The fourth-order valence-electron chi connectivity index (χ4n) is 1.58. The summed E-state index contributed by atoms with van der Waals surface area (Å²) >= 11 is 0. The highest BCUT2D eigenvalue weighted by atomic mass is 16.5. The average molecular weight is 235 g/mol. The highest BCUT2D eigenvalue weighted by molar-refractivity contribution is 5.39. The maximum absolute atomic E-state index is 5.95. The Kier molecular flexibility index (Phi) is 4.58. The number of hydrogen-bond donors (Lipinski definition) is 1. The zero-order valence-corrected chi connectivity index (χ0v) is 11.7. The quantitative estimate of drug-likeness (QED) is 0.848. The molecule has 0 spiro atoms. The minimum atomic E-state index is 0.0258. The summed E-state index contributed by atoms with van der Waals surface area (Å²) in [5.74, 6) is 1.48. The van der Waals surface area contributed by atoms with Gasteiger partial charge in [-0.3, -0.25) is 0 Å². The molecule has 0 saturated carbocycles. The summed E-state index contributed by atoms with van der Waals surface area (Å²) in [7, 11) is 0. The van der Waals surface area contributed by atoms with Crippen molar-refractivity contribution in [1.82, 2.24) is 0 Å². The van der Waals surface area contributed by atoms with Crippen molar-refractivity contribution in [2.45, 2.75) is 40.5 Å². The van der Waals surface area contributed by atoms with Gasteiger partial charge in [0.1, 0.15) is 5.75 Å². The Hall–Kier alpha value is -1.02. The first-order chi connectivity index (χ1) is 7.85. The Morgan fingerprint density at radius 2 is 1.94 bits per heavy atom. The van der Waals surface area contributed by atoms with E-state index in [0.29, 0.717) is 19.1 Å². The van der Waals surface area contributed by atoms with Gasteiger partial charge in [-0.15, -0.1) is 0 Å². The Balaban J connectivity index is 2.85. The molecule has 1 rings (SSSR count). The van der Waals surface area contributed by atoms with Gasteiger partial charge < -0.3 is 10.5 Å². The first-order valence-electron chi connectivity index (χ1n) is 6.29. The molecular weight excluding hydrogens is 210 g/mol. The van der Waals surface area contributed by atoms with Crippen LogP contribution in [0, 0.1) is 12.3 Å². The summed E-state index contributed by atoms with van der Waals surface area (Å²) in [4.78, 5) is 0. The molecule has 2 nitrogen and oxygen atoms in total. The average Bonchev–Trinajstić information content (AvgIpc) is 2.26. The molecule has 0 aliphatic rings. The minimum Gasteiger partial charge on any atom is -0.493 e. The third-order valence-corrected chi connectivity index (χ3v) is 2.96. The molecule has 2 N–H and O–H groups in total. The van der Waals surface area contributed by atoms with Crippen LogP contribution in [0.15, 0.2) is 18.2 Å². The number of hydrogen-bond acceptors (Lipinski definition) is 2. The van der Waals surface area contributed by atoms with Crippen molar-refractivity contribution in [1.29, 1.82) is 0 Å². The van der Waals surface area contributed by atoms with Crippen molar-refractivity contribution in [2.24, 2.45) is 11.1 Å². The van der Waals surface area contributed by atoms with Crippen molar-refractivity contribution in [3.63, 3.8) is 0 Å². The number of aryl methyl sites for hydroxylation is 1. The van der Waals surface area contributed by atoms with Crippen LogP contribution >= 0.6 is 0 Å². The lowest BCUT2D eigenvalue weighted by Crippen LogP contribution is -2.30. The van der Waals surface area contributed by atoms with Crippen LogP contribution in [-0.2, 0) is 0 Å². The van der Waals surface area contributed by atoms with Crippen LogP contribution in [0.5, 0.6) is 5.75 Å². The fourth-order valence-corrected chi connectivity index (χ4v) is 1.58. The van der Waals surface area contributed by atoms with E-state index in [2.05, 4.69) is 52.8 Å². The largest absolute Gasteiger partial charge is 0.493 e. The second kappa shape index (κ2) is 5.54. The molecule has 0 heterocycles. The Bertz CT molecular complexity index is 369. The molecule has 1 aromatic rings. The smallest absolute Gasteiger partial charge is 0.123 e. The monoisotopic (exact) mass is 235 g/mol. The second-order valence-corrected chi connectivity index (χ2v) is 5.85. The normalized spacial score (nSPS) is 11.9. The lowest BCUT2D eigenvalue weighted by atomic mass is 9.95. The van der Waals surface area contributed by atoms with Crippen LogP contribution in [0.1, 0.15) is 44.7 Å². The van der Waals surface area contributed by atoms with E-state index in [4.69, 9.17) is 10.5 Å². The molecular formula is C15H25NO. The molecule has 1 aromatic carbocycles. The maximum Gasteiger partial charge on any atom is 0.123 e. The van der Waals surface area contributed by atoms with Gasteiger partial charge in [-0.05, 0) is 30.0 Å². The topological polar surface area (TPSA) is 35.2 Å². The number of ether oxygens (including phenoxy) is 1. The number of nitrogens with two attached hydrogens (primary N) is 1. The van der Waals surface area contributed by atoms with E-state index in [0.717, 1.165) is 5.75 Å². The lowest BCUT2D eigenvalue weighted by molar-refractivity contribution is 0.185. The summed E-state index contributed by atoms with van der Waals surface area (Å²) in [6, 6.07) is 6.41. The molecule has 0 aliphatic carbocycles. The second-order valence-electron chi connectivity index (χ2n) is 5.85. The van der Waals surface area contributed by atoms with Crippen molar-refractivity contribution >= 4 is 0 Å². The van der Waals surface area contributed by atoms with Gasteiger partial charge in [-0.1, -0.05) is 39.8 Å². The van der Waals surface area contributed by atoms with Gasteiger partial charge in [0.05, 0.1) is 6.61 Å². The van der Waals surface area contributed by atoms with Crippen LogP contribution < -0.4 is 10.5 Å². The molecule has 0 bridgehead atoms. The Morgan fingerprint density at radius 3 is 2.47 bits per heavy atom. The van der Waals surface area contributed by atoms with Crippen molar-refractivity contribution in [3.8, 4) is 5.75 Å². The highest BCUT2D eigenvalue weighted by Crippen LogP contribution is 2.28. The van der Waals surface area contributed by atoms with Crippen LogP contribution in [-0.4, -0.2) is 13.2 Å². The number of benzene rings is 1. The molecule has 17 heavy (non-hydrogen) atoms. The summed E-state index contributed by atoms with van der Waals surface area (Å²) in [6.07, 6.45) is 0. The minimum absolute atomic E-state index is 0.0258. The van der Waals surface area contributed by atoms with Crippen molar-refractivity contribution < 1.29 is 4.74 Å². The SMILES string of the molecule is Cc1ccc(C(C)C)c(OCC(C)(C)CN)c1. The summed E-state index contributed by atoms with van der Waals surface area (Å²) in [5, 5.41) is 0. The van der Waals surface area contributed by atoms with Crippen LogP contribution in [0.3, 0.4) is 0 Å². The van der Waals surface area contributed by atoms with E-state index >= 15 is 0 Å². The summed E-state index contributed by atoms with van der Waals surface area (Å²) < 4.78 is 5.95. The predicted molar refractivity (Wildman–Crippen MR) is 73.6 cm³/mol. The number of rotatable bonds is 5. The van der Waals surface area contributed by atoms with Crippen LogP contribution in [0.25, 0.3) is 0 Å². The van der Waals surface area contributed by atoms with Crippen LogP contribution in [0.4, 0.5) is 0 Å². The Labute approximate surface area is 105 Å². The fraction of sp³-hybridized carbons (Fsp3) is 0.600. The van der Waals surface area contributed by atoms with E-state index in [1.54, 1.807) is 0 Å². The molecule has 2 heteroatoms. The highest BCUT2D eigenvalue weighted by Gasteiger charge is 2.18. The molecule has 0 fully saturated rings. The molecule has 0 atom stereocenters. The van der Waals surface area contributed by atoms with Crippen molar-refractivity contribution in [3.05, 3.63) is 29.3 Å². The van der Waals surface area contributed by atoms with Gasteiger partial charge >= 0.3 is 0 Å². The molecule has 96 valence electrons. The van der Waals surface area contributed by atoms with E-state index in [-0.39, 0.29) is 5.41 Å². The lowest BCUT2D eigenvalue weighted by Gasteiger charge is -2.24. The first-order valence-corrected chi connectivity index (χ1v) is 6.29. The standard InChI is InChI=1S/C15H25NO/c1-11(2)13-7-6-12(3)8-14(13)17-10-15(4,5)9-16/h6-8,11H,9-10,16H2,1-5H3. The molecule has 0 saturated heterocycles. The zero-order valence-electron chi connectivity index (χ0n) is 11.7. The third kappa shape index (κ3) is 4.04. The maximum atomic E-state index is 5.95. The van der Waals surface area contributed by atoms with Crippen LogP contribution in [0.2, 0.25) is 0 Å². The summed E-state index contributed by atoms with van der Waals surface area (Å²) in [5.41, 5.74) is 8.24. The molecule has 0 radical (unpaired) electrons. The Morgan fingerprint density at radius 1 is 1.29 bits per heavy atom. The van der Waals surface area contributed by atoms with Gasteiger partial charge in [-0.25, -0.2) is 0 Å². The molecule has 0 amide bonds. The molecule has 0 aliphatic heterocycles. The van der Waals surface area contributed by atoms with Gasteiger partial charge in [0.2, 0.25) is 0 Å². The van der Waals surface area contributed by atoms with E-state index in [1.807, 2.05) is 0 Å².